The van der Waals surface area contributed by atoms with Gasteiger partial charge in [0.15, 0.2) is 0 Å². The molecule has 2 aromatic rings. The SMILES string of the molecule is Cc1cn(C)c2[nH]c(=S)ccc12. The molecule has 0 spiro atoms. The van der Waals surface area contributed by atoms with E-state index in [1.807, 2.05) is 13.1 Å². The van der Waals surface area contributed by atoms with Crippen LogP contribution in [0, 0.1) is 11.6 Å². The van der Waals surface area contributed by atoms with Gasteiger partial charge in [-0.3, -0.25) is 0 Å². The number of nitrogens with one attached hydrogen (secondary N) is 1. The van der Waals surface area contributed by atoms with Crippen molar-refractivity contribution in [1.29, 1.82) is 0 Å². The summed E-state index contributed by atoms with van der Waals surface area (Å²) >= 11 is 5.04. The minimum atomic E-state index is 0.781. The highest BCUT2D eigenvalue weighted by molar-refractivity contribution is 7.71. The number of nitrogens with zero attached hydrogens (tertiary/aromatic N) is 1. The maximum absolute atomic E-state index is 5.04. The van der Waals surface area contributed by atoms with Crippen LogP contribution in [0.1, 0.15) is 5.56 Å². The van der Waals surface area contributed by atoms with Crippen molar-refractivity contribution in [3.63, 3.8) is 0 Å². The summed E-state index contributed by atoms with van der Waals surface area (Å²) in [6.07, 6.45) is 2.09. The summed E-state index contributed by atoms with van der Waals surface area (Å²) in [5, 5.41) is 1.24. The van der Waals surface area contributed by atoms with Crippen molar-refractivity contribution >= 4 is 23.3 Å². The molecule has 2 heterocycles. The average molecular weight is 178 g/mol. The molecule has 1 N–H and O–H groups in total. The number of hydrogen-bond acceptors (Lipinski definition) is 1. The van der Waals surface area contributed by atoms with Crippen LogP contribution in [0.5, 0.6) is 0 Å². The Kier molecular flexibility index (Phi) is 1.54. The van der Waals surface area contributed by atoms with E-state index in [2.05, 4.69) is 28.7 Å². The van der Waals surface area contributed by atoms with Gasteiger partial charge in [-0.2, -0.15) is 0 Å². The number of H-pyrrole nitrogens is 1. The van der Waals surface area contributed by atoms with E-state index in [1.54, 1.807) is 0 Å². The van der Waals surface area contributed by atoms with E-state index in [1.165, 1.54) is 10.9 Å². The molecule has 0 aromatic carbocycles. The lowest BCUT2D eigenvalue weighted by molar-refractivity contribution is 0.943. The Morgan fingerprint density at radius 2 is 2.17 bits per heavy atom. The second-order valence-electron chi connectivity index (χ2n) is 3.01. The van der Waals surface area contributed by atoms with Gasteiger partial charge in [-0.1, -0.05) is 12.2 Å². The number of aromatic amines is 1. The van der Waals surface area contributed by atoms with E-state index >= 15 is 0 Å². The zero-order chi connectivity index (χ0) is 8.72. The van der Waals surface area contributed by atoms with Gasteiger partial charge in [-0.05, 0) is 24.6 Å². The van der Waals surface area contributed by atoms with Crippen molar-refractivity contribution in [2.75, 3.05) is 0 Å². The molecule has 0 aliphatic rings. The fourth-order valence-electron chi connectivity index (χ4n) is 1.48. The van der Waals surface area contributed by atoms with Crippen LogP contribution in [-0.4, -0.2) is 9.55 Å². The zero-order valence-electron chi connectivity index (χ0n) is 7.09. The van der Waals surface area contributed by atoms with Crippen LogP contribution in [0.2, 0.25) is 0 Å². The van der Waals surface area contributed by atoms with Gasteiger partial charge in [0.1, 0.15) is 10.3 Å². The van der Waals surface area contributed by atoms with Crippen molar-refractivity contribution in [1.82, 2.24) is 9.55 Å². The van der Waals surface area contributed by atoms with E-state index in [4.69, 9.17) is 12.2 Å². The van der Waals surface area contributed by atoms with Gasteiger partial charge in [-0.25, -0.2) is 0 Å². The zero-order valence-corrected chi connectivity index (χ0v) is 7.90. The Balaban J connectivity index is 3.00. The highest BCUT2D eigenvalue weighted by Gasteiger charge is 2.00. The molecule has 0 saturated carbocycles. The predicted molar refractivity (Wildman–Crippen MR) is 52.8 cm³/mol. The summed E-state index contributed by atoms with van der Waals surface area (Å²) in [7, 11) is 2.01. The van der Waals surface area contributed by atoms with Crippen molar-refractivity contribution < 1.29 is 0 Å². The van der Waals surface area contributed by atoms with E-state index in [9.17, 15) is 0 Å². The average Bonchev–Trinajstić information content (AvgIpc) is 2.28. The van der Waals surface area contributed by atoms with Crippen LogP contribution in [0.25, 0.3) is 11.0 Å². The number of aryl methyl sites for hydroxylation is 2. The number of pyridine rings is 1. The molecule has 3 heteroatoms. The van der Waals surface area contributed by atoms with Crippen LogP contribution in [-0.2, 0) is 7.05 Å². The summed E-state index contributed by atoms with van der Waals surface area (Å²) in [6, 6.07) is 3.98. The molecule has 0 atom stereocenters. The van der Waals surface area contributed by atoms with E-state index in [0.29, 0.717) is 0 Å². The lowest BCUT2D eigenvalue weighted by Crippen LogP contribution is -1.86. The Bertz CT molecular complexity index is 479. The van der Waals surface area contributed by atoms with Crippen molar-refractivity contribution in [2.45, 2.75) is 6.92 Å². The molecule has 12 heavy (non-hydrogen) atoms. The lowest BCUT2D eigenvalue weighted by atomic mass is 10.2. The third kappa shape index (κ3) is 0.975. The monoisotopic (exact) mass is 178 g/mol. The largest absolute Gasteiger partial charge is 0.337 e. The Morgan fingerprint density at radius 1 is 1.42 bits per heavy atom. The van der Waals surface area contributed by atoms with Gasteiger partial charge < -0.3 is 9.55 Å². The molecule has 0 aliphatic carbocycles. The Hall–Kier alpha value is -1.09. The molecule has 0 unspecified atom stereocenters. The molecule has 0 aliphatic heterocycles. The molecule has 0 bridgehead atoms. The van der Waals surface area contributed by atoms with Crippen LogP contribution < -0.4 is 0 Å². The highest BCUT2D eigenvalue weighted by atomic mass is 32.1. The molecule has 0 amide bonds. The van der Waals surface area contributed by atoms with Gasteiger partial charge in [-0.15, -0.1) is 0 Å². The predicted octanol–water partition coefficient (Wildman–Crippen LogP) is 2.54. The smallest absolute Gasteiger partial charge is 0.118 e. The maximum Gasteiger partial charge on any atom is 0.118 e. The molecule has 0 radical (unpaired) electrons. The van der Waals surface area contributed by atoms with Gasteiger partial charge in [0, 0.05) is 18.6 Å². The first-order valence-corrected chi connectivity index (χ1v) is 4.24. The second-order valence-corrected chi connectivity index (χ2v) is 3.45. The first-order chi connectivity index (χ1) is 5.68. The van der Waals surface area contributed by atoms with Crippen molar-refractivity contribution in [2.24, 2.45) is 7.05 Å². The first kappa shape index (κ1) is 7.55. The topological polar surface area (TPSA) is 20.7 Å². The summed E-state index contributed by atoms with van der Waals surface area (Å²) in [4.78, 5) is 3.16. The first-order valence-electron chi connectivity index (χ1n) is 3.83. The minimum absolute atomic E-state index is 0.781. The third-order valence-corrected chi connectivity index (χ3v) is 2.30. The number of hydrogen-bond donors (Lipinski definition) is 1. The van der Waals surface area contributed by atoms with Crippen molar-refractivity contribution in [3.8, 4) is 0 Å². The fraction of sp³-hybridized carbons (Fsp3) is 0.222. The van der Waals surface area contributed by atoms with Crippen LogP contribution in [0.4, 0.5) is 0 Å². The van der Waals surface area contributed by atoms with Gasteiger partial charge in [0.25, 0.3) is 0 Å². The molecular weight excluding hydrogens is 168 g/mol. The molecule has 2 aromatic heterocycles. The second kappa shape index (κ2) is 2.45. The van der Waals surface area contributed by atoms with Gasteiger partial charge in [0.05, 0.1) is 0 Å². The third-order valence-electron chi connectivity index (χ3n) is 2.06. The van der Waals surface area contributed by atoms with Crippen LogP contribution >= 0.6 is 12.2 Å². The standard InChI is InChI=1S/C9H10N2S/c1-6-5-11(2)9-7(6)3-4-8(12)10-9/h3-5H,1-2H3,(H,10,12). The van der Waals surface area contributed by atoms with Gasteiger partial charge >= 0.3 is 0 Å². The van der Waals surface area contributed by atoms with Crippen LogP contribution in [0.15, 0.2) is 18.3 Å². The van der Waals surface area contributed by atoms with Crippen LogP contribution in [0.3, 0.4) is 0 Å². The highest BCUT2D eigenvalue weighted by Crippen LogP contribution is 2.16. The Labute approximate surface area is 75.8 Å². The van der Waals surface area contributed by atoms with Crippen molar-refractivity contribution in [3.05, 3.63) is 28.5 Å². The number of fused-ring (bicyclic) bond motifs is 1. The maximum atomic E-state index is 5.04. The summed E-state index contributed by atoms with van der Waals surface area (Å²) in [5.41, 5.74) is 2.37. The molecule has 0 fully saturated rings. The van der Waals surface area contributed by atoms with Gasteiger partial charge in [0.2, 0.25) is 0 Å². The Morgan fingerprint density at radius 3 is 2.92 bits per heavy atom. The molecule has 0 saturated heterocycles. The quantitative estimate of drug-likeness (QED) is 0.615. The molecule has 62 valence electrons. The molecular formula is C9H10N2S. The number of rotatable bonds is 0. The fourth-order valence-corrected chi connectivity index (χ4v) is 1.65. The summed E-state index contributed by atoms with van der Waals surface area (Å²) in [6.45, 7) is 2.10. The lowest BCUT2D eigenvalue weighted by Gasteiger charge is -1.94. The van der Waals surface area contributed by atoms with E-state index < -0.39 is 0 Å². The summed E-state index contributed by atoms with van der Waals surface area (Å²) in [5.74, 6) is 0. The minimum Gasteiger partial charge on any atom is -0.337 e. The summed E-state index contributed by atoms with van der Waals surface area (Å²) < 4.78 is 2.84. The number of aromatic nitrogens is 2. The molecule has 2 rings (SSSR count). The van der Waals surface area contributed by atoms with E-state index in [-0.39, 0.29) is 0 Å². The molecule has 2 nitrogen and oxygen atoms in total. The normalized spacial score (nSPS) is 10.8. The van der Waals surface area contributed by atoms with E-state index in [0.717, 1.165) is 10.3 Å².